The summed E-state index contributed by atoms with van der Waals surface area (Å²) in [6.45, 7) is 0.305. The molecule has 1 heterocycles. The van der Waals surface area contributed by atoms with E-state index < -0.39 is 17.2 Å². The summed E-state index contributed by atoms with van der Waals surface area (Å²) < 4.78 is 46.2. The molecule has 0 saturated heterocycles. The minimum Gasteiger partial charge on any atom is -0.352 e. The van der Waals surface area contributed by atoms with Gasteiger partial charge in [0.15, 0.2) is 5.82 Å². The van der Waals surface area contributed by atoms with Crippen LogP contribution in [0.2, 0.25) is 0 Å². The highest BCUT2D eigenvalue weighted by atomic mass is 79.9. The maximum absolute atomic E-state index is 13.1. The molecule has 1 atom stereocenters. The number of amides is 1. The van der Waals surface area contributed by atoms with Crippen LogP contribution in [0, 0.1) is 5.82 Å². The van der Waals surface area contributed by atoms with Crippen molar-refractivity contribution >= 4 is 56.3 Å². The van der Waals surface area contributed by atoms with Crippen LogP contribution >= 0.6 is 27.7 Å². The van der Waals surface area contributed by atoms with Gasteiger partial charge in [-0.25, -0.2) is 12.9 Å². The molecule has 0 radical (unpaired) electrons. The Balaban J connectivity index is 1.60. The summed E-state index contributed by atoms with van der Waals surface area (Å²) in [6, 6.07) is 20.5. The van der Waals surface area contributed by atoms with E-state index in [-0.39, 0.29) is 22.9 Å². The van der Waals surface area contributed by atoms with Crippen molar-refractivity contribution in [3.8, 4) is 0 Å². The number of carbonyl (C=O) groups is 1. The largest absolute Gasteiger partial charge is 0.352 e. The molecule has 2 N–H and O–H groups in total. The molecule has 0 spiro atoms. The molecule has 4 rings (SSSR count). The predicted octanol–water partition coefficient (Wildman–Crippen LogP) is 5.28. The first-order valence-electron chi connectivity index (χ1n) is 10.5. The molecule has 180 valence electrons. The summed E-state index contributed by atoms with van der Waals surface area (Å²) in [5, 5.41) is 2.83. The number of hydrogen-bond donors (Lipinski definition) is 2. The molecule has 11 heteroatoms. The second-order valence-corrected chi connectivity index (χ2v) is 9.79. The third-order valence-corrected chi connectivity index (χ3v) is 6.87. The molecule has 1 aromatic heterocycles. The zero-order chi connectivity index (χ0) is 24.8. The normalized spacial score (nSPS) is 11.7. The minimum absolute atomic E-state index is 0.202. The number of aromatic nitrogens is 2. The molecule has 0 aliphatic carbocycles. The molecule has 1 amide bonds. The Morgan fingerprint density at radius 3 is 2.51 bits per heavy atom. The highest BCUT2D eigenvalue weighted by molar-refractivity contribution is 9.10. The zero-order valence-electron chi connectivity index (χ0n) is 18.2. The monoisotopic (exact) mass is 574 g/mol. The Bertz CT molecular complexity index is 1340. The third kappa shape index (κ3) is 6.37. The summed E-state index contributed by atoms with van der Waals surface area (Å²) in [4.78, 5) is 13.1. The SMILES string of the molecule is O=C(NCCc1ccc(F)cc1)c1ccc(Br)cc1N(c1nsnc1Cc1ccccc1)S(=O)O. The van der Waals surface area contributed by atoms with E-state index in [0.29, 0.717) is 29.6 Å². The van der Waals surface area contributed by atoms with Gasteiger partial charge in [0.2, 0.25) is 0 Å². The van der Waals surface area contributed by atoms with Crippen LogP contribution in [0.1, 0.15) is 27.2 Å². The van der Waals surface area contributed by atoms with Crippen molar-refractivity contribution in [2.24, 2.45) is 0 Å². The maximum Gasteiger partial charge on any atom is 0.268 e. The summed E-state index contributed by atoms with van der Waals surface area (Å²) in [5.41, 5.74) is 2.78. The van der Waals surface area contributed by atoms with E-state index in [0.717, 1.165) is 27.2 Å². The van der Waals surface area contributed by atoms with Crippen LogP contribution in [0.4, 0.5) is 15.9 Å². The van der Waals surface area contributed by atoms with Gasteiger partial charge in [-0.2, -0.15) is 8.75 Å². The highest BCUT2D eigenvalue weighted by Gasteiger charge is 2.27. The van der Waals surface area contributed by atoms with Crippen LogP contribution in [-0.4, -0.2) is 30.0 Å². The lowest BCUT2D eigenvalue weighted by Crippen LogP contribution is -2.29. The maximum atomic E-state index is 13.1. The number of nitrogens with one attached hydrogen (secondary N) is 1. The highest BCUT2D eigenvalue weighted by Crippen LogP contribution is 2.34. The number of hydrogen-bond acceptors (Lipinski definition) is 5. The molecule has 3 aromatic carbocycles. The van der Waals surface area contributed by atoms with Crippen molar-refractivity contribution in [3.05, 3.63) is 105 Å². The summed E-state index contributed by atoms with van der Waals surface area (Å²) in [7, 11) is 0. The number of nitrogens with zero attached hydrogens (tertiary/aromatic N) is 3. The number of rotatable bonds is 9. The summed E-state index contributed by atoms with van der Waals surface area (Å²) in [5.74, 6) is -0.534. The standard InChI is InChI=1S/C24H20BrFN4O3S2/c25-18-8-11-20(24(31)27-13-12-16-6-9-19(26)10-7-16)22(15-18)30(35(32)33)23-21(28-34-29-23)14-17-4-2-1-3-5-17/h1-11,15H,12-14H2,(H,27,31)(H,32,33). The van der Waals surface area contributed by atoms with E-state index in [1.807, 2.05) is 30.3 Å². The molecule has 0 bridgehead atoms. The molecule has 0 saturated carbocycles. The Labute approximate surface area is 216 Å². The lowest BCUT2D eigenvalue weighted by Gasteiger charge is -2.21. The van der Waals surface area contributed by atoms with Crippen LogP contribution in [0.25, 0.3) is 0 Å². The van der Waals surface area contributed by atoms with E-state index >= 15 is 0 Å². The fourth-order valence-corrected chi connectivity index (χ4v) is 5.02. The van der Waals surface area contributed by atoms with Gasteiger partial charge in [0.25, 0.3) is 17.2 Å². The van der Waals surface area contributed by atoms with Crippen molar-refractivity contribution in [2.75, 3.05) is 10.8 Å². The van der Waals surface area contributed by atoms with Gasteiger partial charge in [-0.1, -0.05) is 58.4 Å². The molecular weight excluding hydrogens is 555 g/mol. The lowest BCUT2D eigenvalue weighted by atomic mass is 10.1. The Kier molecular flexibility index (Phi) is 8.34. The molecule has 0 aliphatic heterocycles. The van der Waals surface area contributed by atoms with E-state index in [2.05, 4.69) is 30.0 Å². The Morgan fingerprint density at radius 1 is 1.06 bits per heavy atom. The number of benzene rings is 3. The summed E-state index contributed by atoms with van der Waals surface area (Å²) in [6.07, 6.45) is 0.915. The van der Waals surface area contributed by atoms with Crippen LogP contribution in [0.3, 0.4) is 0 Å². The van der Waals surface area contributed by atoms with Crippen molar-refractivity contribution < 1.29 is 17.9 Å². The van der Waals surface area contributed by atoms with Gasteiger partial charge in [0, 0.05) is 17.4 Å². The molecule has 35 heavy (non-hydrogen) atoms. The molecular formula is C24H20BrFN4O3S2. The zero-order valence-corrected chi connectivity index (χ0v) is 21.4. The predicted molar refractivity (Wildman–Crippen MR) is 139 cm³/mol. The molecule has 0 fully saturated rings. The quantitative estimate of drug-likeness (QED) is 0.265. The molecule has 4 aromatic rings. The number of carbonyl (C=O) groups excluding carboxylic acids is 1. The molecule has 1 unspecified atom stereocenters. The number of anilines is 2. The first kappa shape index (κ1) is 25.1. The van der Waals surface area contributed by atoms with E-state index in [1.54, 1.807) is 30.3 Å². The van der Waals surface area contributed by atoms with Gasteiger partial charge in [0.05, 0.1) is 23.0 Å². The average molecular weight is 575 g/mol. The van der Waals surface area contributed by atoms with E-state index in [9.17, 15) is 17.9 Å². The van der Waals surface area contributed by atoms with Gasteiger partial charge in [-0.15, -0.1) is 0 Å². The van der Waals surface area contributed by atoms with Crippen molar-refractivity contribution in [3.63, 3.8) is 0 Å². The van der Waals surface area contributed by atoms with Crippen LogP contribution in [0.5, 0.6) is 0 Å². The van der Waals surface area contributed by atoms with Crippen LogP contribution < -0.4 is 9.62 Å². The van der Waals surface area contributed by atoms with Gasteiger partial charge in [0.1, 0.15) is 11.5 Å². The Hall–Kier alpha value is -2.99. The van der Waals surface area contributed by atoms with Crippen LogP contribution in [0.15, 0.2) is 77.3 Å². The van der Waals surface area contributed by atoms with Crippen molar-refractivity contribution in [1.82, 2.24) is 14.1 Å². The third-order valence-electron chi connectivity index (χ3n) is 5.14. The second kappa shape index (κ2) is 11.6. The fourth-order valence-electron chi connectivity index (χ4n) is 3.46. The Morgan fingerprint density at radius 2 is 1.80 bits per heavy atom. The van der Waals surface area contributed by atoms with Crippen molar-refractivity contribution in [2.45, 2.75) is 12.8 Å². The smallest absolute Gasteiger partial charge is 0.268 e. The summed E-state index contributed by atoms with van der Waals surface area (Å²) >= 11 is 1.79. The average Bonchev–Trinajstić information content (AvgIpc) is 3.28. The van der Waals surface area contributed by atoms with Crippen molar-refractivity contribution in [1.29, 1.82) is 0 Å². The fraction of sp³-hybridized carbons (Fsp3) is 0.125. The lowest BCUT2D eigenvalue weighted by molar-refractivity contribution is 0.0955. The first-order chi connectivity index (χ1) is 16.9. The van der Waals surface area contributed by atoms with Gasteiger partial charge >= 0.3 is 0 Å². The number of halogens is 2. The topological polar surface area (TPSA) is 95.4 Å². The van der Waals surface area contributed by atoms with Gasteiger partial charge in [-0.05, 0) is 47.9 Å². The minimum atomic E-state index is -2.52. The van der Waals surface area contributed by atoms with Gasteiger partial charge < -0.3 is 5.32 Å². The molecule has 7 nitrogen and oxygen atoms in total. The van der Waals surface area contributed by atoms with E-state index in [4.69, 9.17) is 0 Å². The molecule has 0 aliphatic rings. The van der Waals surface area contributed by atoms with Gasteiger partial charge in [-0.3, -0.25) is 9.35 Å². The first-order valence-corrected chi connectivity index (χ1v) is 13.1. The second-order valence-electron chi connectivity index (χ2n) is 7.52. The van der Waals surface area contributed by atoms with Crippen LogP contribution in [-0.2, 0) is 24.1 Å². The van der Waals surface area contributed by atoms with E-state index in [1.165, 1.54) is 12.1 Å².